The van der Waals surface area contributed by atoms with Gasteiger partial charge in [-0.25, -0.2) is 0 Å². The number of ketones is 1. The third-order valence-electron chi connectivity index (χ3n) is 10.6. The third kappa shape index (κ3) is 2.47. The van der Waals surface area contributed by atoms with Crippen LogP contribution in [0.4, 0.5) is 0 Å². The Hall–Kier alpha value is -0.900. The van der Waals surface area contributed by atoms with Gasteiger partial charge in [-0.15, -0.1) is 0 Å². The maximum atomic E-state index is 14.0. The maximum absolute atomic E-state index is 14.0. The first-order valence-electron chi connectivity index (χ1n) is 12.0. The average Bonchev–Trinajstić information content (AvgIpc) is 3.02. The number of esters is 1. The van der Waals surface area contributed by atoms with Gasteiger partial charge in [-0.2, -0.15) is 0 Å². The number of rotatable bonds is 4. The molecule has 4 heteroatoms. The van der Waals surface area contributed by atoms with Crippen molar-refractivity contribution >= 4 is 11.8 Å². The van der Waals surface area contributed by atoms with Gasteiger partial charge in [0.2, 0.25) is 0 Å². The second kappa shape index (κ2) is 6.55. The Kier molecular flexibility index (Phi) is 4.52. The molecule has 6 aliphatic rings. The van der Waals surface area contributed by atoms with Crippen LogP contribution in [0.15, 0.2) is 0 Å². The molecule has 4 unspecified atom stereocenters. The van der Waals surface area contributed by atoms with Gasteiger partial charge < -0.3 is 9.47 Å². The van der Waals surface area contributed by atoms with Crippen LogP contribution in [-0.4, -0.2) is 30.6 Å². The number of hydrogen-bond donors (Lipinski definition) is 0. The fourth-order valence-corrected chi connectivity index (χ4v) is 9.24. The van der Waals surface area contributed by atoms with Gasteiger partial charge >= 0.3 is 5.97 Å². The molecule has 4 saturated carbocycles. The van der Waals surface area contributed by atoms with Crippen molar-refractivity contribution in [3.05, 3.63) is 0 Å². The zero-order valence-corrected chi connectivity index (χ0v) is 18.7. The van der Waals surface area contributed by atoms with Crippen LogP contribution in [0.1, 0.15) is 85.0 Å². The smallest absolute Gasteiger partial charge is 0.305 e. The number of Topliss-reactive ketones (excluding diaryl/α,β-unsaturated/α-hetero) is 1. The highest BCUT2D eigenvalue weighted by molar-refractivity contribution is 5.91. The summed E-state index contributed by atoms with van der Waals surface area (Å²) in [6.07, 6.45) is 10.7. The molecule has 1 spiro atoms. The summed E-state index contributed by atoms with van der Waals surface area (Å²) in [7, 11) is 1.47. The lowest BCUT2D eigenvalue weighted by molar-refractivity contribution is -0.307. The molecule has 0 amide bonds. The second-order valence-corrected chi connectivity index (χ2v) is 11.5. The molecule has 2 aliphatic heterocycles. The second-order valence-electron chi connectivity index (χ2n) is 11.5. The Morgan fingerprint density at radius 2 is 1.93 bits per heavy atom. The van der Waals surface area contributed by atoms with E-state index >= 15 is 0 Å². The van der Waals surface area contributed by atoms with Crippen LogP contribution < -0.4 is 0 Å². The number of fused-ring (bicyclic) bond motifs is 3. The van der Waals surface area contributed by atoms with E-state index in [4.69, 9.17) is 9.47 Å². The Bertz CT molecular complexity index is 718. The van der Waals surface area contributed by atoms with Crippen molar-refractivity contribution in [1.82, 2.24) is 0 Å². The van der Waals surface area contributed by atoms with Crippen LogP contribution in [0.25, 0.3) is 0 Å². The average molecular weight is 403 g/mol. The van der Waals surface area contributed by atoms with E-state index in [1.165, 1.54) is 45.6 Å². The minimum atomic E-state index is -0.495. The molecule has 0 aromatic heterocycles. The van der Waals surface area contributed by atoms with Crippen molar-refractivity contribution < 1.29 is 19.1 Å². The molecule has 0 aromatic rings. The first-order chi connectivity index (χ1) is 13.8. The fraction of sp³-hybridized carbons (Fsp3) is 0.920. The SMILES string of the molecule is COC(=O)CCC(C)C1CCC2C3CC[C@@H]4C[C@H]5CC[C@]4(C)[C@@]3(O5)C(=O)C[C@]12C. The number of carbonyl (C=O) groups is 2. The van der Waals surface area contributed by atoms with E-state index in [2.05, 4.69) is 20.8 Å². The number of ether oxygens (including phenoxy) is 2. The molecule has 0 N–H and O–H groups in total. The summed E-state index contributed by atoms with van der Waals surface area (Å²) in [4.78, 5) is 25.7. The van der Waals surface area contributed by atoms with Crippen molar-refractivity contribution in [2.24, 2.45) is 40.4 Å². The van der Waals surface area contributed by atoms with Crippen LogP contribution in [-0.2, 0) is 19.1 Å². The number of carbonyl (C=O) groups excluding carboxylic acids is 2. The van der Waals surface area contributed by atoms with Gasteiger partial charge in [0.25, 0.3) is 0 Å². The molecular weight excluding hydrogens is 364 g/mol. The molecule has 0 radical (unpaired) electrons. The largest absolute Gasteiger partial charge is 0.469 e. The Labute approximate surface area is 175 Å². The molecule has 6 fully saturated rings. The monoisotopic (exact) mass is 402 g/mol. The lowest BCUT2D eigenvalue weighted by atomic mass is 9.40. The van der Waals surface area contributed by atoms with Gasteiger partial charge in [0.15, 0.2) is 5.78 Å². The topological polar surface area (TPSA) is 52.6 Å². The summed E-state index contributed by atoms with van der Waals surface area (Å²) in [6, 6.07) is 0. The summed E-state index contributed by atoms with van der Waals surface area (Å²) in [6.45, 7) is 7.07. The van der Waals surface area contributed by atoms with E-state index in [-0.39, 0.29) is 16.8 Å². The van der Waals surface area contributed by atoms with E-state index in [0.717, 1.165) is 12.8 Å². The van der Waals surface area contributed by atoms with E-state index in [1.807, 2.05) is 0 Å². The van der Waals surface area contributed by atoms with E-state index in [9.17, 15) is 9.59 Å². The van der Waals surface area contributed by atoms with Crippen LogP contribution >= 0.6 is 0 Å². The summed E-state index contributed by atoms with van der Waals surface area (Å²) >= 11 is 0. The minimum Gasteiger partial charge on any atom is -0.469 e. The third-order valence-corrected chi connectivity index (χ3v) is 10.6. The predicted octanol–water partition coefficient (Wildman–Crippen LogP) is 4.94. The molecule has 9 atom stereocenters. The molecule has 162 valence electrons. The van der Waals surface area contributed by atoms with Crippen LogP contribution in [0.5, 0.6) is 0 Å². The Morgan fingerprint density at radius 1 is 1.17 bits per heavy atom. The molecule has 0 aromatic carbocycles. The fourth-order valence-electron chi connectivity index (χ4n) is 9.24. The Morgan fingerprint density at radius 3 is 2.69 bits per heavy atom. The van der Waals surface area contributed by atoms with Gasteiger partial charge in [-0.1, -0.05) is 20.8 Å². The molecule has 4 nitrogen and oxygen atoms in total. The van der Waals surface area contributed by atoms with E-state index in [1.54, 1.807) is 0 Å². The molecule has 2 heterocycles. The van der Waals surface area contributed by atoms with Crippen LogP contribution in [0.2, 0.25) is 0 Å². The lowest BCUT2D eigenvalue weighted by Gasteiger charge is -2.70. The van der Waals surface area contributed by atoms with E-state index in [0.29, 0.717) is 54.3 Å². The molecular formula is C25H38O4. The minimum absolute atomic E-state index is 0.0532. The number of hydrogen-bond acceptors (Lipinski definition) is 4. The predicted molar refractivity (Wildman–Crippen MR) is 110 cm³/mol. The first-order valence-corrected chi connectivity index (χ1v) is 12.0. The van der Waals surface area contributed by atoms with Crippen LogP contribution in [0, 0.1) is 40.4 Å². The molecule has 29 heavy (non-hydrogen) atoms. The Balaban J connectivity index is 1.44. The summed E-state index contributed by atoms with van der Waals surface area (Å²) < 4.78 is 11.7. The zero-order chi connectivity index (χ0) is 20.6. The van der Waals surface area contributed by atoms with E-state index < -0.39 is 5.60 Å². The van der Waals surface area contributed by atoms with Gasteiger partial charge in [0.1, 0.15) is 5.60 Å². The van der Waals surface area contributed by atoms with Crippen molar-refractivity contribution in [2.75, 3.05) is 7.11 Å². The molecule has 4 aliphatic carbocycles. The van der Waals surface area contributed by atoms with Gasteiger partial charge in [-0.05, 0) is 86.4 Å². The standard InChI is InChI=1S/C25H38O4/c1-15(5-10-22(27)28-4)18-8-9-19-20-7-6-16-13-17-11-12-24(16,3)25(20,29-17)21(26)14-23(18,19)2/h15-20H,5-14H2,1-4H3/t15?,16-,17-,18?,19?,20?,23-,24+,25+/m1/s1. The van der Waals surface area contributed by atoms with Gasteiger partial charge in [-0.3, -0.25) is 9.59 Å². The molecule has 6 rings (SSSR count). The van der Waals surface area contributed by atoms with Crippen molar-refractivity contribution in [2.45, 2.75) is 96.7 Å². The highest BCUT2D eigenvalue weighted by atomic mass is 16.5. The van der Waals surface area contributed by atoms with Gasteiger partial charge in [0, 0.05) is 18.3 Å². The molecule has 4 bridgehead atoms. The molecule has 2 saturated heterocycles. The highest BCUT2D eigenvalue weighted by Gasteiger charge is 2.74. The quantitative estimate of drug-likeness (QED) is 0.625. The van der Waals surface area contributed by atoms with Gasteiger partial charge in [0.05, 0.1) is 13.2 Å². The normalized spacial score (nSPS) is 51.3. The van der Waals surface area contributed by atoms with Crippen LogP contribution in [0.3, 0.4) is 0 Å². The summed E-state index contributed by atoms with van der Waals surface area (Å²) in [5.74, 6) is 2.93. The number of methoxy groups -OCH3 is 1. The van der Waals surface area contributed by atoms with Crippen molar-refractivity contribution in [3.63, 3.8) is 0 Å². The summed E-state index contributed by atoms with van der Waals surface area (Å²) in [5, 5.41) is 0. The first kappa shape index (κ1) is 20.0. The van der Waals surface area contributed by atoms with Crippen molar-refractivity contribution in [3.8, 4) is 0 Å². The zero-order valence-electron chi connectivity index (χ0n) is 18.7. The maximum Gasteiger partial charge on any atom is 0.305 e. The highest BCUT2D eigenvalue weighted by Crippen LogP contribution is 2.72. The lowest BCUT2D eigenvalue weighted by Crippen LogP contribution is -2.75. The summed E-state index contributed by atoms with van der Waals surface area (Å²) in [5.41, 5.74) is -0.380. The van der Waals surface area contributed by atoms with Crippen molar-refractivity contribution in [1.29, 1.82) is 0 Å².